The third-order valence-electron chi connectivity index (χ3n) is 3.51. The zero-order valence-electron chi connectivity index (χ0n) is 11.7. The number of ether oxygens (including phenoxy) is 2. The average Bonchev–Trinajstić information content (AvgIpc) is 2.49. The highest BCUT2D eigenvalue weighted by Crippen LogP contribution is 2.42. The summed E-state index contributed by atoms with van der Waals surface area (Å²) in [6, 6.07) is 5.29. The van der Waals surface area contributed by atoms with E-state index in [2.05, 4.69) is 15.9 Å². The Hall–Kier alpha value is -1.46. The predicted molar refractivity (Wildman–Crippen MR) is 86.0 cm³/mol. The fourth-order valence-electron chi connectivity index (χ4n) is 2.27. The van der Waals surface area contributed by atoms with Crippen LogP contribution in [0.15, 0.2) is 39.9 Å². The molecule has 4 nitrogen and oxygen atoms in total. The molecule has 2 rings (SSSR count). The van der Waals surface area contributed by atoms with Crippen LogP contribution in [0.2, 0.25) is 0 Å². The maximum Gasteiger partial charge on any atom is 0.232 e. The molecule has 0 spiro atoms. The summed E-state index contributed by atoms with van der Waals surface area (Å²) in [5.41, 5.74) is 5.38. The van der Waals surface area contributed by atoms with E-state index < -0.39 is 11.3 Å². The molecule has 112 valence electrons. The van der Waals surface area contributed by atoms with E-state index >= 15 is 0 Å². The van der Waals surface area contributed by atoms with Crippen LogP contribution in [0.25, 0.3) is 0 Å². The third-order valence-corrected chi connectivity index (χ3v) is 4.80. The maximum atomic E-state index is 12.1. The second-order valence-electron chi connectivity index (χ2n) is 4.70. The SMILES string of the molecule is COc1cc(OC)cc(C2(C(N)=O)C=CC(Cl)=C(Br)C2)c1. The first-order valence-electron chi connectivity index (χ1n) is 6.20. The molecule has 0 saturated heterocycles. The van der Waals surface area contributed by atoms with Gasteiger partial charge in [-0.1, -0.05) is 33.6 Å². The van der Waals surface area contributed by atoms with Crippen molar-refractivity contribution in [3.63, 3.8) is 0 Å². The largest absolute Gasteiger partial charge is 0.497 e. The Morgan fingerprint density at radius 2 is 1.86 bits per heavy atom. The van der Waals surface area contributed by atoms with Gasteiger partial charge in [0.1, 0.15) is 11.5 Å². The Balaban J connectivity index is 2.60. The van der Waals surface area contributed by atoms with E-state index in [0.717, 1.165) is 4.48 Å². The van der Waals surface area contributed by atoms with Crippen LogP contribution in [-0.4, -0.2) is 20.1 Å². The quantitative estimate of drug-likeness (QED) is 0.882. The van der Waals surface area contributed by atoms with Crippen molar-refractivity contribution >= 4 is 33.4 Å². The molecular weight excluding hydrogens is 358 g/mol. The van der Waals surface area contributed by atoms with Crippen molar-refractivity contribution < 1.29 is 14.3 Å². The van der Waals surface area contributed by atoms with Crippen LogP contribution in [-0.2, 0) is 10.2 Å². The molecule has 0 saturated carbocycles. The van der Waals surface area contributed by atoms with Crippen LogP contribution >= 0.6 is 27.5 Å². The highest BCUT2D eigenvalue weighted by molar-refractivity contribution is 9.11. The lowest BCUT2D eigenvalue weighted by Gasteiger charge is -2.31. The molecule has 1 aromatic carbocycles. The number of nitrogens with two attached hydrogens (primary N) is 1. The van der Waals surface area contributed by atoms with Gasteiger partial charge < -0.3 is 15.2 Å². The van der Waals surface area contributed by atoms with Gasteiger partial charge in [0.15, 0.2) is 0 Å². The van der Waals surface area contributed by atoms with Crippen LogP contribution in [0.5, 0.6) is 11.5 Å². The fourth-order valence-corrected chi connectivity index (χ4v) is 2.97. The highest BCUT2D eigenvalue weighted by atomic mass is 79.9. The van der Waals surface area contributed by atoms with Gasteiger partial charge in [0.2, 0.25) is 5.91 Å². The van der Waals surface area contributed by atoms with Crippen molar-refractivity contribution in [3.8, 4) is 11.5 Å². The number of methoxy groups -OCH3 is 2. The van der Waals surface area contributed by atoms with Crippen molar-refractivity contribution in [1.29, 1.82) is 0 Å². The van der Waals surface area contributed by atoms with Gasteiger partial charge in [-0.15, -0.1) is 0 Å². The number of rotatable bonds is 4. The van der Waals surface area contributed by atoms with Crippen LogP contribution in [0.3, 0.4) is 0 Å². The number of amides is 1. The molecule has 1 aliphatic carbocycles. The van der Waals surface area contributed by atoms with Crippen LogP contribution < -0.4 is 15.2 Å². The van der Waals surface area contributed by atoms with Gasteiger partial charge in [-0.3, -0.25) is 4.79 Å². The monoisotopic (exact) mass is 371 g/mol. The van der Waals surface area contributed by atoms with Crippen LogP contribution in [0.1, 0.15) is 12.0 Å². The van der Waals surface area contributed by atoms with Crippen molar-refractivity contribution in [2.75, 3.05) is 14.2 Å². The standard InChI is InChI=1S/C15H15BrClNO3/c1-20-10-5-9(6-11(7-10)21-2)15(14(18)19)4-3-13(17)12(16)8-15/h3-7H,8H2,1-2H3,(H2,18,19). The minimum atomic E-state index is -0.987. The summed E-state index contributed by atoms with van der Waals surface area (Å²) in [5, 5.41) is 0.557. The Morgan fingerprint density at radius 1 is 1.29 bits per heavy atom. The zero-order valence-corrected chi connectivity index (χ0v) is 14.0. The lowest BCUT2D eigenvalue weighted by Crippen LogP contribution is -2.40. The summed E-state index contributed by atoms with van der Waals surface area (Å²) < 4.78 is 11.2. The minimum absolute atomic E-state index is 0.355. The fraction of sp³-hybridized carbons (Fsp3) is 0.267. The Morgan fingerprint density at radius 3 is 2.29 bits per heavy atom. The molecule has 1 atom stereocenters. The number of allylic oxidation sites excluding steroid dienone is 3. The molecule has 0 radical (unpaired) electrons. The summed E-state index contributed by atoms with van der Waals surface area (Å²) >= 11 is 9.44. The highest BCUT2D eigenvalue weighted by Gasteiger charge is 2.39. The van der Waals surface area contributed by atoms with Crippen molar-refractivity contribution in [2.24, 2.45) is 5.73 Å². The molecule has 21 heavy (non-hydrogen) atoms. The number of halogens is 2. The molecule has 0 aliphatic heterocycles. The Labute approximate surface area is 136 Å². The first-order valence-corrected chi connectivity index (χ1v) is 7.37. The van der Waals surface area contributed by atoms with Gasteiger partial charge in [0.25, 0.3) is 0 Å². The summed E-state index contributed by atoms with van der Waals surface area (Å²) in [7, 11) is 3.11. The van der Waals surface area contributed by atoms with E-state index in [-0.39, 0.29) is 0 Å². The normalized spacial score (nSPS) is 21.3. The van der Waals surface area contributed by atoms with Gasteiger partial charge in [-0.05, 0) is 23.8 Å². The number of hydrogen-bond acceptors (Lipinski definition) is 3. The maximum absolute atomic E-state index is 12.1. The molecule has 0 bridgehead atoms. The van der Waals surface area contributed by atoms with E-state index in [0.29, 0.717) is 28.5 Å². The summed E-state index contributed by atoms with van der Waals surface area (Å²) in [4.78, 5) is 12.1. The Kier molecular flexibility index (Phi) is 4.64. The van der Waals surface area contributed by atoms with E-state index in [1.54, 1.807) is 44.6 Å². The van der Waals surface area contributed by atoms with Crippen molar-refractivity contribution in [3.05, 3.63) is 45.4 Å². The van der Waals surface area contributed by atoms with E-state index in [1.807, 2.05) is 0 Å². The number of primary amides is 1. The van der Waals surface area contributed by atoms with Crippen molar-refractivity contribution in [2.45, 2.75) is 11.8 Å². The molecule has 0 heterocycles. The summed E-state index contributed by atoms with van der Waals surface area (Å²) in [6.45, 7) is 0. The molecule has 1 aromatic rings. The smallest absolute Gasteiger partial charge is 0.232 e. The number of carbonyl (C=O) groups excluding carboxylic acids is 1. The minimum Gasteiger partial charge on any atom is -0.497 e. The van der Waals surface area contributed by atoms with E-state index in [9.17, 15) is 4.79 Å². The third kappa shape index (κ3) is 2.94. The lowest BCUT2D eigenvalue weighted by molar-refractivity contribution is -0.121. The molecule has 1 unspecified atom stereocenters. The van der Waals surface area contributed by atoms with E-state index in [1.165, 1.54) is 0 Å². The van der Waals surface area contributed by atoms with Gasteiger partial charge in [-0.25, -0.2) is 0 Å². The first kappa shape index (κ1) is 15.9. The number of carbonyl (C=O) groups is 1. The Bertz CT molecular complexity index is 620. The second kappa shape index (κ2) is 6.12. The molecule has 1 aliphatic rings. The lowest BCUT2D eigenvalue weighted by atomic mass is 9.74. The molecule has 1 amide bonds. The van der Waals surface area contributed by atoms with Gasteiger partial charge in [0.05, 0.1) is 24.7 Å². The summed E-state index contributed by atoms with van der Waals surface area (Å²) in [6.07, 6.45) is 3.75. The number of benzene rings is 1. The average molecular weight is 373 g/mol. The predicted octanol–water partition coefficient (Wildman–Crippen LogP) is 3.23. The molecular formula is C15H15BrClNO3. The van der Waals surface area contributed by atoms with Crippen LogP contribution in [0, 0.1) is 0 Å². The molecule has 6 heteroatoms. The summed E-state index contributed by atoms with van der Waals surface area (Å²) in [5.74, 6) is 0.723. The zero-order chi connectivity index (χ0) is 15.6. The second-order valence-corrected chi connectivity index (χ2v) is 6.06. The van der Waals surface area contributed by atoms with Crippen molar-refractivity contribution in [1.82, 2.24) is 0 Å². The van der Waals surface area contributed by atoms with Crippen LogP contribution in [0.4, 0.5) is 0 Å². The molecule has 0 fully saturated rings. The molecule has 0 aromatic heterocycles. The van der Waals surface area contributed by atoms with E-state index in [4.69, 9.17) is 26.8 Å². The van der Waals surface area contributed by atoms with Gasteiger partial charge >= 0.3 is 0 Å². The topological polar surface area (TPSA) is 61.6 Å². The van der Waals surface area contributed by atoms with Gasteiger partial charge in [-0.2, -0.15) is 0 Å². The molecule has 2 N–H and O–H groups in total. The first-order chi connectivity index (χ1) is 9.92. The number of hydrogen-bond donors (Lipinski definition) is 1. The van der Waals surface area contributed by atoms with Gasteiger partial charge in [0, 0.05) is 17.0 Å².